The monoisotopic (exact) mass is 287 g/mol. The molecule has 0 fully saturated rings. The summed E-state index contributed by atoms with van der Waals surface area (Å²) in [5, 5.41) is 2.75. The Kier molecular flexibility index (Phi) is 3.48. The van der Waals surface area contributed by atoms with Gasteiger partial charge >= 0.3 is 0 Å². The summed E-state index contributed by atoms with van der Waals surface area (Å²) in [6.07, 6.45) is 0. The van der Waals surface area contributed by atoms with Crippen molar-refractivity contribution in [2.75, 3.05) is 6.79 Å². The van der Waals surface area contributed by atoms with Crippen LogP contribution in [-0.4, -0.2) is 12.7 Å². The number of hydrogen-bond acceptors (Lipinski definition) is 3. The summed E-state index contributed by atoms with van der Waals surface area (Å²) in [5.41, 5.74) is 1.71. The van der Waals surface area contributed by atoms with Crippen LogP contribution in [0.4, 0.5) is 4.39 Å². The predicted octanol–water partition coefficient (Wildman–Crippen LogP) is 2.79. The summed E-state index contributed by atoms with van der Waals surface area (Å²) in [5.74, 6) is 0.672. The maximum Gasteiger partial charge on any atom is 0.251 e. The molecule has 1 aliphatic heterocycles. The Labute approximate surface area is 121 Å². The van der Waals surface area contributed by atoms with Crippen molar-refractivity contribution in [3.8, 4) is 11.5 Å². The van der Waals surface area contributed by atoms with E-state index in [1.54, 1.807) is 25.1 Å². The lowest BCUT2D eigenvalue weighted by molar-refractivity contribution is 0.0950. The minimum absolute atomic E-state index is 0.216. The predicted molar refractivity (Wildman–Crippen MR) is 74.9 cm³/mol. The molecule has 2 aromatic carbocycles. The van der Waals surface area contributed by atoms with Gasteiger partial charge in [-0.25, -0.2) is 4.39 Å². The van der Waals surface area contributed by atoms with Crippen molar-refractivity contribution in [2.24, 2.45) is 0 Å². The van der Waals surface area contributed by atoms with Gasteiger partial charge in [0.05, 0.1) is 0 Å². The molecule has 3 rings (SSSR count). The topological polar surface area (TPSA) is 47.6 Å². The molecule has 0 aromatic heterocycles. The zero-order valence-corrected chi connectivity index (χ0v) is 11.5. The molecule has 0 atom stereocenters. The molecule has 2 aromatic rings. The molecule has 0 bridgehead atoms. The Hall–Kier alpha value is -2.56. The van der Waals surface area contributed by atoms with E-state index in [4.69, 9.17) is 9.47 Å². The zero-order valence-electron chi connectivity index (χ0n) is 11.5. The quantitative estimate of drug-likeness (QED) is 0.944. The second-order valence-corrected chi connectivity index (χ2v) is 4.83. The van der Waals surface area contributed by atoms with E-state index >= 15 is 0 Å². The number of hydrogen-bond donors (Lipinski definition) is 1. The van der Waals surface area contributed by atoms with Gasteiger partial charge in [0.15, 0.2) is 11.5 Å². The molecule has 1 N–H and O–H groups in total. The first-order valence-electron chi connectivity index (χ1n) is 6.56. The molecular weight excluding hydrogens is 273 g/mol. The number of rotatable bonds is 3. The molecule has 1 aliphatic rings. The second-order valence-electron chi connectivity index (χ2n) is 4.83. The lowest BCUT2D eigenvalue weighted by Crippen LogP contribution is -2.22. The number of benzene rings is 2. The van der Waals surface area contributed by atoms with Gasteiger partial charge in [0.25, 0.3) is 5.91 Å². The largest absolute Gasteiger partial charge is 0.454 e. The number of amides is 1. The van der Waals surface area contributed by atoms with Crippen LogP contribution in [-0.2, 0) is 6.54 Å². The minimum Gasteiger partial charge on any atom is -0.454 e. The lowest BCUT2D eigenvalue weighted by Gasteiger charge is -2.07. The number of carbonyl (C=O) groups excluding carboxylic acids is 1. The normalized spacial score (nSPS) is 12.3. The average molecular weight is 287 g/mol. The van der Waals surface area contributed by atoms with E-state index in [1.165, 1.54) is 6.07 Å². The molecule has 0 saturated heterocycles. The fourth-order valence-corrected chi connectivity index (χ4v) is 2.07. The standard InChI is InChI=1S/C16H14FNO3/c1-10-2-4-12(7-13(10)17)16(19)18-8-11-3-5-14-15(6-11)21-9-20-14/h2-7H,8-9H2,1H3,(H,18,19). The number of nitrogens with one attached hydrogen (secondary N) is 1. The van der Waals surface area contributed by atoms with E-state index in [0.717, 1.165) is 5.56 Å². The summed E-state index contributed by atoms with van der Waals surface area (Å²) in [6.45, 7) is 2.21. The summed E-state index contributed by atoms with van der Waals surface area (Å²) < 4.78 is 23.9. The number of halogens is 1. The Bertz CT molecular complexity index is 700. The number of carbonyl (C=O) groups is 1. The molecule has 0 saturated carbocycles. The van der Waals surface area contributed by atoms with Crippen molar-refractivity contribution in [3.05, 3.63) is 58.9 Å². The first-order valence-corrected chi connectivity index (χ1v) is 6.56. The molecule has 0 aliphatic carbocycles. The Morgan fingerprint density at radius 1 is 1.19 bits per heavy atom. The van der Waals surface area contributed by atoms with Crippen LogP contribution in [0.15, 0.2) is 36.4 Å². The van der Waals surface area contributed by atoms with Gasteiger partial charge in [0.2, 0.25) is 6.79 Å². The smallest absolute Gasteiger partial charge is 0.251 e. The van der Waals surface area contributed by atoms with Gasteiger partial charge in [-0.05, 0) is 42.3 Å². The molecule has 108 valence electrons. The van der Waals surface area contributed by atoms with Crippen molar-refractivity contribution < 1.29 is 18.7 Å². The van der Waals surface area contributed by atoms with Crippen LogP contribution in [0.25, 0.3) is 0 Å². The highest BCUT2D eigenvalue weighted by molar-refractivity contribution is 5.94. The maximum absolute atomic E-state index is 13.4. The maximum atomic E-state index is 13.4. The van der Waals surface area contributed by atoms with E-state index in [0.29, 0.717) is 29.2 Å². The van der Waals surface area contributed by atoms with Gasteiger partial charge in [-0.3, -0.25) is 4.79 Å². The van der Waals surface area contributed by atoms with E-state index < -0.39 is 0 Å². The minimum atomic E-state index is -0.384. The van der Waals surface area contributed by atoms with Gasteiger partial charge in [0, 0.05) is 12.1 Å². The van der Waals surface area contributed by atoms with Gasteiger partial charge in [0.1, 0.15) is 5.82 Å². The molecule has 1 heterocycles. The second kappa shape index (κ2) is 5.44. The average Bonchev–Trinajstić information content (AvgIpc) is 2.95. The third-order valence-electron chi connectivity index (χ3n) is 3.32. The molecule has 5 heteroatoms. The SMILES string of the molecule is Cc1ccc(C(=O)NCc2ccc3c(c2)OCO3)cc1F. The van der Waals surface area contributed by atoms with Crippen LogP contribution >= 0.6 is 0 Å². The van der Waals surface area contributed by atoms with Crippen LogP contribution in [0.1, 0.15) is 21.5 Å². The van der Waals surface area contributed by atoms with Gasteiger partial charge < -0.3 is 14.8 Å². The first-order chi connectivity index (χ1) is 10.1. The molecule has 1 amide bonds. The summed E-state index contributed by atoms with van der Waals surface area (Å²) in [6, 6.07) is 9.90. The molecule has 0 radical (unpaired) electrons. The molecular formula is C16H14FNO3. The summed E-state index contributed by atoms with van der Waals surface area (Å²) >= 11 is 0. The zero-order chi connectivity index (χ0) is 14.8. The first kappa shape index (κ1) is 13.4. The molecule has 21 heavy (non-hydrogen) atoms. The Morgan fingerprint density at radius 2 is 2.00 bits per heavy atom. The van der Waals surface area contributed by atoms with Crippen LogP contribution in [0, 0.1) is 12.7 Å². The van der Waals surface area contributed by atoms with E-state index in [1.807, 2.05) is 12.1 Å². The molecule has 0 unspecified atom stereocenters. The fourth-order valence-electron chi connectivity index (χ4n) is 2.07. The third-order valence-corrected chi connectivity index (χ3v) is 3.32. The van der Waals surface area contributed by atoms with Gasteiger partial charge in [-0.1, -0.05) is 12.1 Å². The van der Waals surface area contributed by atoms with Crippen LogP contribution in [0.2, 0.25) is 0 Å². The number of fused-ring (bicyclic) bond motifs is 1. The van der Waals surface area contributed by atoms with E-state index in [-0.39, 0.29) is 18.5 Å². The molecule has 4 nitrogen and oxygen atoms in total. The summed E-state index contributed by atoms with van der Waals surface area (Å²) in [4.78, 5) is 12.0. The molecule has 0 spiro atoms. The number of aryl methyl sites for hydroxylation is 1. The van der Waals surface area contributed by atoms with Crippen LogP contribution < -0.4 is 14.8 Å². The fraction of sp³-hybridized carbons (Fsp3) is 0.188. The van der Waals surface area contributed by atoms with Gasteiger partial charge in [-0.15, -0.1) is 0 Å². The van der Waals surface area contributed by atoms with E-state index in [2.05, 4.69) is 5.32 Å². The lowest BCUT2D eigenvalue weighted by atomic mass is 10.1. The van der Waals surface area contributed by atoms with Crippen molar-refractivity contribution in [1.82, 2.24) is 5.32 Å². The van der Waals surface area contributed by atoms with Crippen LogP contribution in [0.3, 0.4) is 0 Å². The Morgan fingerprint density at radius 3 is 2.81 bits per heavy atom. The van der Waals surface area contributed by atoms with Crippen molar-refractivity contribution >= 4 is 5.91 Å². The third kappa shape index (κ3) is 2.81. The van der Waals surface area contributed by atoms with Crippen molar-refractivity contribution in [3.63, 3.8) is 0 Å². The Balaban J connectivity index is 1.67. The van der Waals surface area contributed by atoms with Gasteiger partial charge in [-0.2, -0.15) is 0 Å². The van der Waals surface area contributed by atoms with Crippen LogP contribution in [0.5, 0.6) is 11.5 Å². The van der Waals surface area contributed by atoms with Crippen molar-refractivity contribution in [2.45, 2.75) is 13.5 Å². The highest BCUT2D eigenvalue weighted by atomic mass is 19.1. The van der Waals surface area contributed by atoms with E-state index in [9.17, 15) is 9.18 Å². The highest BCUT2D eigenvalue weighted by Crippen LogP contribution is 2.32. The summed E-state index contributed by atoms with van der Waals surface area (Å²) in [7, 11) is 0. The number of ether oxygens (including phenoxy) is 2. The highest BCUT2D eigenvalue weighted by Gasteiger charge is 2.14. The van der Waals surface area contributed by atoms with Crippen molar-refractivity contribution in [1.29, 1.82) is 0 Å².